The molecule has 3 aromatic rings. The summed E-state index contributed by atoms with van der Waals surface area (Å²) >= 11 is 0. The second-order valence-corrected chi connectivity index (χ2v) is 12.2. The van der Waals surface area contributed by atoms with E-state index in [0.717, 1.165) is 30.5 Å². The van der Waals surface area contributed by atoms with Crippen LogP contribution >= 0.6 is 0 Å². The van der Waals surface area contributed by atoms with Crippen LogP contribution < -0.4 is 10.6 Å². The van der Waals surface area contributed by atoms with Gasteiger partial charge in [-0.15, -0.1) is 0 Å². The monoisotopic (exact) mass is 595 g/mol. The number of carbonyl (C=O) groups excluding carboxylic acids is 2. The molecule has 2 saturated heterocycles. The van der Waals surface area contributed by atoms with Crippen LogP contribution in [0.2, 0.25) is 0 Å². The molecule has 0 bridgehead atoms. The van der Waals surface area contributed by atoms with Crippen molar-refractivity contribution < 1.29 is 23.1 Å². The second kappa shape index (κ2) is 12.1. The van der Waals surface area contributed by atoms with Gasteiger partial charge in [0.15, 0.2) is 5.65 Å². The summed E-state index contributed by atoms with van der Waals surface area (Å²) in [6.45, 7) is 6.57. The average molecular weight is 596 g/mol. The summed E-state index contributed by atoms with van der Waals surface area (Å²) in [6.07, 6.45) is 7.37. The largest absolute Gasteiger partial charge is 0.381 e. The van der Waals surface area contributed by atoms with Gasteiger partial charge in [0.25, 0.3) is 11.8 Å². The van der Waals surface area contributed by atoms with Gasteiger partial charge in [0.1, 0.15) is 5.69 Å². The lowest BCUT2D eigenvalue weighted by Crippen LogP contribution is -2.41. The van der Waals surface area contributed by atoms with Crippen molar-refractivity contribution in [2.75, 3.05) is 19.8 Å². The molecule has 2 N–H and O–H groups in total. The highest BCUT2D eigenvalue weighted by Gasteiger charge is 2.35. The molecule has 5 heterocycles. The van der Waals surface area contributed by atoms with Gasteiger partial charge in [0, 0.05) is 57.7 Å². The molecule has 1 aliphatic carbocycles. The fourth-order valence-electron chi connectivity index (χ4n) is 6.57. The Morgan fingerprint density at radius 2 is 2.12 bits per heavy atom. The first-order valence-corrected chi connectivity index (χ1v) is 15.3. The lowest BCUT2D eigenvalue weighted by atomic mass is 9.84. The van der Waals surface area contributed by atoms with E-state index in [4.69, 9.17) is 14.8 Å². The Kier molecular flexibility index (Phi) is 8.30. The van der Waals surface area contributed by atoms with Gasteiger partial charge in [0.2, 0.25) is 5.91 Å². The molecule has 2 aliphatic heterocycles. The quantitative estimate of drug-likeness (QED) is 0.374. The van der Waals surface area contributed by atoms with Crippen LogP contribution in [0.3, 0.4) is 0 Å². The Morgan fingerprint density at radius 3 is 2.86 bits per heavy atom. The van der Waals surface area contributed by atoms with Gasteiger partial charge < -0.3 is 15.4 Å². The minimum atomic E-state index is -2.77. The Labute approximate surface area is 249 Å². The fraction of sp³-hybridized carbons (Fsp3) is 0.581. The average Bonchev–Trinajstić information content (AvgIpc) is 3.65. The third-order valence-corrected chi connectivity index (χ3v) is 9.00. The van der Waals surface area contributed by atoms with Crippen LogP contribution in [0, 0.1) is 11.8 Å². The van der Waals surface area contributed by atoms with E-state index in [-0.39, 0.29) is 42.9 Å². The molecule has 3 atom stereocenters. The van der Waals surface area contributed by atoms with Crippen molar-refractivity contribution in [2.24, 2.45) is 11.8 Å². The second-order valence-electron chi connectivity index (χ2n) is 12.2. The molecular weight excluding hydrogens is 556 g/mol. The van der Waals surface area contributed by atoms with E-state index in [0.29, 0.717) is 61.3 Å². The van der Waals surface area contributed by atoms with Gasteiger partial charge in [-0.25, -0.2) is 18.3 Å². The third kappa shape index (κ3) is 6.34. The summed E-state index contributed by atoms with van der Waals surface area (Å²) < 4.78 is 37.1. The molecular formula is C31H39F2N7O3. The zero-order chi connectivity index (χ0) is 30.1. The molecule has 6 rings (SSSR count). The van der Waals surface area contributed by atoms with Crippen molar-refractivity contribution in [1.29, 1.82) is 0 Å². The first kappa shape index (κ1) is 29.4. The predicted octanol–water partition coefficient (Wildman–Crippen LogP) is 4.37. The molecule has 0 saturated carbocycles. The molecule has 1 unspecified atom stereocenters. The topological polar surface area (TPSA) is 115 Å². The molecule has 2 amide bonds. The van der Waals surface area contributed by atoms with Crippen LogP contribution in [0.4, 0.5) is 8.78 Å². The number of imidazole rings is 1. The van der Waals surface area contributed by atoms with Crippen molar-refractivity contribution >= 4 is 17.5 Å². The first-order chi connectivity index (χ1) is 20.7. The van der Waals surface area contributed by atoms with Gasteiger partial charge in [-0.05, 0) is 67.7 Å². The fourth-order valence-corrected chi connectivity index (χ4v) is 6.57. The number of carbonyl (C=O) groups is 2. The number of allylic oxidation sites excluding steroid dienone is 1. The number of rotatable bonds is 8. The number of nitrogens with one attached hydrogen (secondary N) is 2. The van der Waals surface area contributed by atoms with Gasteiger partial charge in [-0.2, -0.15) is 10.2 Å². The van der Waals surface area contributed by atoms with Gasteiger partial charge in [-0.3, -0.25) is 14.3 Å². The number of hydrogen-bond donors (Lipinski definition) is 2. The Morgan fingerprint density at radius 1 is 1.30 bits per heavy atom. The number of aromatic nitrogens is 5. The Hall–Kier alpha value is -3.67. The molecule has 12 heteroatoms. The van der Waals surface area contributed by atoms with E-state index < -0.39 is 12.0 Å². The van der Waals surface area contributed by atoms with Crippen molar-refractivity contribution in [3.63, 3.8) is 0 Å². The zero-order valence-corrected chi connectivity index (χ0v) is 24.7. The highest BCUT2D eigenvalue weighted by molar-refractivity contribution is 5.93. The molecule has 3 aromatic heterocycles. The standard InChI is InChI=1S/C31H39F2N7O3/c1-3-39-26(6-11-35-39)30(42)37-28(21-4-9-31(32,33)10-5-21)25-18-40-27(36-25)16-23(20-7-12-43-13-8-20)24(38-40)15-22-14-19(2)17-34-29(22)41/h4,6,11,16,18-20,22,28H,3,5,7-10,12-15,17H2,1-2H3,(H,34,41)(H,37,42)/t19-,22?,28-/m0/s1. The molecule has 230 valence electrons. The molecule has 3 aliphatic rings. The molecule has 2 fully saturated rings. The van der Waals surface area contributed by atoms with Crippen LogP contribution in [0.1, 0.15) is 91.8 Å². The summed E-state index contributed by atoms with van der Waals surface area (Å²) in [4.78, 5) is 31.1. The number of aryl methyl sites for hydroxylation is 1. The molecule has 0 spiro atoms. The van der Waals surface area contributed by atoms with Crippen LogP contribution in [-0.4, -0.2) is 61.9 Å². The van der Waals surface area contributed by atoms with E-state index in [1.807, 2.05) is 13.0 Å². The molecule has 10 nitrogen and oxygen atoms in total. The van der Waals surface area contributed by atoms with Gasteiger partial charge in [0.05, 0.1) is 23.6 Å². The number of alkyl halides is 2. The maximum Gasteiger partial charge on any atom is 0.270 e. The minimum Gasteiger partial charge on any atom is -0.381 e. The van der Waals surface area contributed by atoms with Crippen LogP contribution in [0.25, 0.3) is 5.65 Å². The number of fused-ring (bicyclic) bond motifs is 1. The summed E-state index contributed by atoms with van der Waals surface area (Å²) in [5, 5.41) is 15.3. The highest BCUT2D eigenvalue weighted by Crippen LogP contribution is 2.38. The van der Waals surface area contributed by atoms with Crippen LogP contribution in [0.5, 0.6) is 0 Å². The van der Waals surface area contributed by atoms with Crippen molar-refractivity contribution in [3.8, 4) is 0 Å². The zero-order valence-electron chi connectivity index (χ0n) is 24.7. The van der Waals surface area contributed by atoms with Crippen LogP contribution in [-0.2, 0) is 22.5 Å². The Bertz CT molecular complexity index is 1520. The predicted molar refractivity (Wildman–Crippen MR) is 155 cm³/mol. The van der Waals surface area contributed by atoms with E-state index in [9.17, 15) is 18.4 Å². The maximum absolute atomic E-state index is 14.1. The number of hydrogen-bond acceptors (Lipinski definition) is 6. The molecule has 0 radical (unpaired) electrons. The molecule has 0 aromatic carbocycles. The number of piperidine rings is 1. The van der Waals surface area contributed by atoms with E-state index in [2.05, 4.69) is 22.7 Å². The number of nitrogens with zero attached hydrogens (tertiary/aromatic N) is 5. The number of halogens is 2. The van der Waals surface area contributed by atoms with Crippen molar-refractivity contribution in [2.45, 2.75) is 83.2 Å². The number of ether oxygens (including phenoxy) is 1. The van der Waals surface area contributed by atoms with Gasteiger partial charge >= 0.3 is 0 Å². The van der Waals surface area contributed by atoms with Gasteiger partial charge in [-0.1, -0.05) is 13.0 Å². The lowest BCUT2D eigenvalue weighted by molar-refractivity contribution is -0.127. The van der Waals surface area contributed by atoms with E-state index >= 15 is 0 Å². The summed E-state index contributed by atoms with van der Waals surface area (Å²) in [7, 11) is 0. The smallest absolute Gasteiger partial charge is 0.270 e. The molecule has 43 heavy (non-hydrogen) atoms. The van der Waals surface area contributed by atoms with Crippen LogP contribution in [0.15, 0.2) is 36.2 Å². The normalized spacial score (nSPS) is 23.5. The number of amides is 2. The lowest BCUT2D eigenvalue weighted by Gasteiger charge is -2.28. The van der Waals surface area contributed by atoms with E-state index in [1.165, 1.54) is 6.08 Å². The summed E-state index contributed by atoms with van der Waals surface area (Å²) in [6, 6.07) is 2.98. The minimum absolute atomic E-state index is 0.0550. The highest BCUT2D eigenvalue weighted by atomic mass is 19.3. The van der Waals surface area contributed by atoms with E-state index in [1.54, 1.807) is 27.7 Å². The summed E-state index contributed by atoms with van der Waals surface area (Å²) in [5.41, 5.74) is 4.16. The first-order valence-electron chi connectivity index (χ1n) is 15.3. The summed E-state index contributed by atoms with van der Waals surface area (Å²) in [5.74, 6) is -2.61. The van der Waals surface area contributed by atoms with Crippen molar-refractivity contribution in [3.05, 3.63) is 58.8 Å². The Balaban J connectivity index is 1.38. The van der Waals surface area contributed by atoms with Crippen molar-refractivity contribution in [1.82, 2.24) is 35.0 Å². The third-order valence-electron chi connectivity index (χ3n) is 9.00. The SMILES string of the molecule is CCn1nccc1C(=O)N[C@@H](C1=CCC(F)(F)CC1)c1cn2nc(CC3C[C@H](C)CNC3=O)c(C3CCOCC3)cc2n1. The maximum atomic E-state index is 14.1.